The number of phenols is 2. The predicted octanol–water partition coefficient (Wildman–Crippen LogP) is 1.94. The number of piperidine rings is 1. The van der Waals surface area contributed by atoms with Crippen LogP contribution in [-0.4, -0.2) is 39.5 Å². The van der Waals surface area contributed by atoms with E-state index in [1.54, 1.807) is 4.90 Å². The summed E-state index contributed by atoms with van der Waals surface area (Å²) in [6.07, 6.45) is 1.48. The van der Waals surface area contributed by atoms with Gasteiger partial charge in [-0.1, -0.05) is 6.07 Å². The predicted molar refractivity (Wildman–Crippen MR) is 64.6 cm³/mol. The number of halogens is 1. The number of nitrogens with zero attached hydrogens (tertiary/aromatic N) is 1. The molecule has 0 aromatic heterocycles. The Morgan fingerprint density at radius 3 is 2.29 bits per heavy atom. The monoisotopic (exact) mass is 255 g/mol. The number of hydrogen-bond acceptors (Lipinski definition) is 3. The van der Waals surface area contributed by atoms with Crippen LogP contribution >= 0.6 is 11.6 Å². The topological polar surface area (TPSA) is 60.8 Å². The highest BCUT2D eigenvalue weighted by molar-refractivity contribution is 6.20. The quantitative estimate of drug-likeness (QED) is 0.754. The number of aromatic hydroxyl groups is 2. The summed E-state index contributed by atoms with van der Waals surface area (Å²) in [7, 11) is 0. The molecule has 1 saturated heterocycles. The molecule has 0 aliphatic carbocycles. The fraction of sp³-hybridized carbons (Fsp3) is 0.417. The Labute approximate surface area is 104 Å². The van der Waals surface area contributed by atoms with E-state index in [1.807, 2.05) is 0 Å². The molecule has 0 bridgehead atoms. The van der Waals surface area contributed by atoms with Crippen molar-refractivity contribution >= 4 is 17.5 Å². The van der Waals surface area contributed by atoms with Crippen LogP contribution in [0.3, 0.4) is 0 Å². The zero-order valence-corrected chi connectivity index (χ0v) is 10.0. The maximum absolute atomic E-state index is 12.1. The average molecular weight is 256 g/mol. The Kier molecular flexibility index (Phi) is 3.43. The summed E-state index contributed by atoms with van der Waals surface area (Å²) in [5.74, 6) is -0.727. The highest BCUT2D eigenvalue weighted by atomic mass is 35.5. The third-order valence-electron chi connectivity index (χ3n) is 2.95. The van der Waals surface area contributed by atoms with Crippen molar-refractivity contribution in [2.75, 3.05) is 13.1 Å². The van der Waals surface area contributed by atoms with Gasteiger partial charge >= 0.3 is 0 Å². The fourth-order valence-corrected chi connectivity index (χ4v) is 2.15. The highest BCUT2D eigenvalue weighted by Gasteiger charge is 2.26. The molecule has 0 saturated carbocycles. The fourth-order valence-electron chi connectivity index (χ4n) is 1.96. The van der Waals surface area contributed by atoms with E-state index in [0.29, 0.717) is 13.1 Å². The summed E-state index contributed by atoms with van der Waals surface area (Å²) in [5.41, 5.74) is -0.0273. The molecular formula is C12H14ClNO3. The molecule has 0 spiro atoms. The van der Waals surface area contributed by atoms with Gasteiger partial charge in [0.25, 0.3) is 5.91 Å². The molecule has 0 radical (unpaired) electrons. The van der Waals surface area contributed by atoms with E-state index >= 15 is 0 Å². The molecule has 1 aromatic rings. The maximum atomic E-state index is 12.1. The number of likely N-dealkylation sites (tertiary alicyclic amines) is 1. The third-order valence-corrected chi connectivity index (χ3v) is 3.38. The highest BCUT2D eigenvalue weighted by Crippen LogP contribution is 2.29. The molecule has 1 aliphatic heterocycles. The van der Waals surface area contributed by atoms with Crippen molar-refractivity contribution in [3.05, 3.63) is 23.8 Å². The van der Waals surface area contributed by atoms with Gasteiger partial charge in [0.05, 0.1) is 0 Å². The van der Waals surface area contributed by atoms with Crippen LogP contribution < -0.4 is 0 Å². The van der Waals surface area contributed by atoms with Gasteiger partial charge in [-0.25, -0.2) is 0 Å². The molecular weight excluding hydrogens is 242 g/mol. The number of alkyl halides is 1. The van der Waals surface area contributed by atoms with Crippen molar-refractivity contribution in [1.29, 1.82) is 0 Å². The van der Waals surface area contributed by atoms with Gasteiger partial charge in [0.15, 0.2) is 0 Å². The molecule has 1 aliphatic rings. The second kappa shape index (κ2) is 4.84. The van der Waals surface area contributed by atoms with Gasteiger partial charge in [-0.15, -0.1) is 11.6 Å². The molecule has 4 nitrogen and oxygen atoms in total. The number of amides is 1. The van der Waals surface area contributed by atoms with Gasteiger partial charge in [-0.2, -0.15) is 0 Å². The molecule has 1 fully saturated rings. The summed E-state index contributed by atoms with van der Waals surface area (Å²) >= 11 is 5.96. The normalized spacial score (nSPS) is 17.1. The summed E-state index contributed by atoms with van der Waals surface area (Å²) < 4.78 is 0. The Morgan fingerprint density at radius 2 is 1.76 bits per heavy atom. The second-order valence-corrected chi connectivity index (χ2v) is 4.76. The maximum Gasteiger partial charge on any atom is 0.261 e. The summed E-state index contributed by atoms with van der Waals surface area (Å²) in [6, 6.07) is 4.27. The van der Waals surface area contributed by atoms with Gasteiger partial charge in [0.2, 0.25) is 0 Å². The zero-order valence-electron chi connectivity index (χ0n) is 9.27. The minimum atomic E-state index is -0.343. The van der Waals surface area contributed by atoms with Crippen molar-refractivity contribution in [1.82, 2.24) is 4.90 Å². The minimum Gasteiger partial charge on any atom is -0.507 e. The summed E-state index contributed by atoms with van der Waals surface area (Å²) in [5, 5.41) is 19.3. The lowest BCUT2D eigenvalue weighted by molar-refractivity contribution is 0.0720. The number of hydrogen-bond donors (Lipinski definition) is 2. The van der Waals surface area contributed by atoms with E-state index in [2.05, 4.69) is 0 Å². The van der Waals surface area contributed by atoms with Crippen molar-refractivity contribution < 1.29 is 15.0 Å². The molecule has 1 heterocycles. The van der Waals surface area contributed by atoms with Crippen LogP contribution in [0, 0.1) is 0 Å². The van der Waals surface area contributed by atoms with Gasteiger partial charge in [-0.3, -0.25) is 4.79 Å². The zero-order chi connectivity index (χ0) is 12.4. The van der Waals surface area contributed by atoms with E-state index in [1.165, 1.54) is 18.2 Å². The lowest BCUT2D eigenvalue weighted by Gasteiger charge is -2.29. The van der Waals surface area contributed by atoms with Crippen LogP contribution in [0.25, 0.3) is 0 Å². The molecule has 1 amide bonds. The number of benzene rings is 1. The molecule has 0 atom stereocenters. The van der Waals surface area contributed by atoms with E-state index in [9.17, 15) is 15.0 Å². The molecule has 17 heavy (non-hydrogen) atoms. The SMILES string of the molecule is O=C(c1c(O)cccc1O)N1CCC(Cl)CC1. The lowest BCUT2D eigenvalue weighted by atomic mass is 10.1. The number of phenolic OH excluding ortho intramolecular Hbond substituents is 2. The van der Waals surface area contributed by atoms with Crippen LogP contribution in [0.1, 0.15) is 23.2 Å². The molecule has 2 N–H and O–H groups in total. The smallest absolute Gasteiger partial charge is 0.261 e. The Bertz CT molecular complexity index is 408. The van der Waals surface area contributed by atoms with Gasteiger partial charge in [0.1, 0.15) is 17.1 Å². The van der Waals surface area contributed by atoms with Gasteiger partial charge < -0.3 is 15.1 Å². The number of rotatable bonds is 1. The first-order valence-corrected chi connectivity index (χ1v) is 5.97. The van der Waals surface area contributed by atoms with Crippen LogP contribution in [0.15, 0.2) is 18.2 Å². The first-order chi connectivity index (χ1) is 8.09. The average Bonchev–Trinajstić information content (AvgIpc) is 2.29. The first kappa shape index (κ1) is 12.0. The largest absolute Gasteiger partial charge is 0.507 e. The van der Waals surface area contributed by atoms with Crippen molar-refractivity contribution in [3.63, 3.8) is 0 Å². The molecule has 0 unspecified atom stereocenters. The van der Waals surface area contributed by atoms with Crippen molar-refractivity contribution in [2.24, 2.45) is 0 Å². The van der Waals surface area contributed by atoms with Crippen LogP contribution in [0.5, 0.6) is 11.5 Å². The second-order valence-electron chi connectivity index (χ2n) is 4.14. The summed E-state index contributed by atoms with van der Waals surface area (Å²) in [6.45, 7) is 1.11. The van der Waals surface area contributed by atoms with E-state index < -0.39 is 0 Å². The molecule has 2 rings (SSSR count). The number of carbonyl (C=O) groups is 1. The van der Waals surface area contributed by atoms with Crippen LogP contribution in [-0.2, 0) is 0 Å². The number of carbonyl (C=O) groups excluding carboxylic acids is 1. The van der Waals surface area contributed by atoms with E-state index in [-0.39, 0.29) is 28.3 Å². The first-order valence-electron chi connectivity index (χ1n) is 5.54. The van der Waals surface area contributed by atoms with Crippen molar-refractivity contribution in [2.45, 2.75) is 18.2 Å². The molecule has 1 aromatic carbocycles. The van der Waals surface area contributed by atoms with Gasteiger partial charge in [-0.05, 0) is 25.0 Å². The van der Waals surface area contributed by atoms with Gasteiger partial charge in [0, 0.05) is 18.5 Å². The molecule has 92 valence electrons. The van der Waals surface area contributed by atoms with E-state index in [0.717, 1.165) is 12.8 Å². The van der Waals surface area contributed by atoms with E-state index in [4.69, 9.17) is 11.6 Å². The Hall–Kier alpha value is -1.42. The minimum absolute atomic E-state index is 0.0273. The molecule has 5 heteroatoms. The Balaban J connectivity index is 2.20. The standard InChI is InChI=1S/C12H14ClNO3/c13-8-4-6-14(7-5-8)12(17)11-9(15)2-1-3-10(11)16/h1-3,8,15-16H,4-7H2. The Morgan fingerprint density at radius 1 is 1.24 bits per heavy atom. The lowest BCUT2D eigenvalue weighted by Crippen LogP contribution is -2.38. The van der Waals surface area contributed by atoms with Crippen molar-refractivity contribution in [3.8, 4) is 11.5 Å². The summed E-state index contributed by atoms with van der Waals surface area (Å²) in [4.78, 5) is 13.7. The third kappa shape index (κ3) is 2.47. The van der Waals surface area contributed by atoms with Crippen LogP contribution in [0.2, 0.25) is 0 Å². The van der Waals surface area contributed by atoms with Crippen LogP contribution in [0.4, 0.5) is 0 Å².